The smallest absolute Gasteiger partial charge is 0.196 e. The van der Waals surface area contributed by atoms with Gasteiger partial charge in [0, 0.05) is 10.2 Å². The van der Waals surface area contributed by atoms with E-state index in [1.807, 2.05) is 35.2 Å². The number of hydrogen-bond acceptors (Lipinski definition) is 3. The van der Waals surface area contributed by atoms with E-state index in [0.717, 1.165) is 15.7 Å². The number of benzene rings is 2. The van der Waals surface area contributed by atoms with Gasteiger partial charge >= 0.3 is 0 Å². The Morgan fingerprint density at radius 3 is 2.71 bits per heavy atom. The van der Waals surface area contributed by atoms with Crippen molar-refractivity contribution in [1.29, 1.82) is 0 Å². The highest BCUT2D eigenvalue weighted by Gasteiger charge is 2.29. The molecule has 0 aromatic heterocycles. The van der Waals surface area contributed by atoms with Crippen molar-refractivity contribution in [3.8, 4) is 0 Å². The minimum Gasteiger partial charge on any atom is -0.369 e. The van der Waals surface area contributed by atoms with Gasteiger partial charge in [-0.05, 0) is 51.8 Å². The number of halogens is 3. The molecule has 0 spiro atoms. The molecular weight excluding hydrogens is 401 g/mol. The Bertz CT molecular complexity index is 718. The third-order valence-corrected chi connectivity index (χ3v) is 4.54. The molecule has 1 aliphatic rings. The second-order valence-corrected chi connectivity index (χ2v) is 6.51. The first-order valence-corrected chi connectivity index (χ1v) is 7.94. The molecule has 1 heterocycles. The average molecular weight is 413 g/mol. The van der Waals surface area contributed by atoms with Gasteiger partial charge in [0.15, 0.2) is 5.96 Å². The first kappa shape index (κ1) is 14.5. The molecule has 0 fully saturated rings. The third-order valence-electron chi connectivity index (χ3n) is 3.40. The Balaban J connectivity index is 2.00. The maximum absolute atomic E-state index is 13.8. The molecule has 6 heteroatoms. The average Bonchev–Trinajstić information content (AvgIpc) is 2.84. The van der Waals surface area contributed by atoms with Crippen molar-refractivity contribution in [2.24, 2.45) is 10.7 Å². The molecule has 0 saturated carbocycles. The van der Waals surface area contributed by atoms with Gasteiger partial charge in [-0.25, -0.2) is 4.39 Å². The normalized spacial score (nSPS) is 18.0. The Labute approximate surface area is 138 Å². The summed E-state index contributed by atoms with van der Waals surface area (Å²) >= 11 is 6.62. The number of rotatable bonds is 2. The van der Waals surface area contributed by atoms with Crippen LogP contribution in [-0.2, 0) is 0 Å². The molecule has 3 nitrogen and oxygen atoms in total. The molecule has 2 aromatic rings. The zero-order valence-electron chi connectivity index (χ0n) is 10.9. The highest BCUT2D eigenvalue weighted by Crippen LogP contribution is 2.33. The van der Waals surface area contributed by atoms with Crippen LogP contribution in [0.15, 0.2) is 56.4 Å². The van der Waals surface area contributed by atoms with E-state index in [1.165, 1.54) is 6.07 Å². The Kier molecular flexibility index (Phi) is 3.99. The van der Waals surface area contributed by atoms with Gasteiger partial charge in [-0.3, -0.25) is 4.99 Å². The van der Waals surface area contributed by atoms with E-state index < -0.39 is 0 Å². The van der Waals surface area contributed by atoms with Crippen molar-refractivity contribution in [3.63, 3.8) is 0 Å². The van der Waals surface area contributed by atoms with Crippen molar-refractivity contribution < 1.29 is 4.39 Å². The van der Waals surface area contributed by atoms with Gasteiger partial charge in [-0.1, -0.05) is 28.1 Å². The predicted octanol–water partition coefficient (Wildman–Crippen LogP) is 4.23. The second kappa shape index (κ2) is 5.77. The lowest BCUT2D eigenvalue weighted by Crippen LogP contribution is -2.36. The largest absolute Gasteiger partial charge is 0.369 e. The minimum atomic E-state index is -0.285. The first-order chi connectivity index (χ1) is 10.1. The zero-order valence-corrected chi connectivity index (χ0v) is 14.1. The summed E-state index contributed by atoms with van der Waals surface area (Å²) in [6.45, 7) is 0.513. The maximum atomic E-state index is 13.8. The number of nitrogens with zero attached hydrogens (tertiary/aromatic N) is 2. The van der Waals surface area contributed by atoms with Crippen molar-refractivity contribution in [1.82, 2.24) is 0 Å². The highest BCUT2D eigenvalue weighted by atomic mass is 79.9. The van der Waals surface area contributed by atoms with Gasteiger partial charge in [-0.2, -0.15) is 0 Å². The molecule has 1 atom stereocenters. The van der Waals surface area contributed by atoms with Crippen LogP contribution in [-0.4, -0.2) is 12.5 Å². The number of aliphatic imine (C=N–C) groups is 1. The van der Waals surface area contributed by atoms with E-state index in [9.17, 15) is 4.39 Å². The van der Waals surface area contributed by atoms with E-state index in [2.05, 4.69) is 36.9 Å². The fraction of sp³-hybridized carbons (Fsp3) is 0.133. The molecule has 1 unspecified atom stereocenters. The van der Waals surface area contributed by atoms with Crippen molar-refractivity contribution in [3.05, 3.63) is 62.8 Å². The quantitative estimate of drug-likeness (QED) is 0.801. The Hall–Kier alpha value is -1.40. The predicted molar refractivity (Wildman–Crippen MR) is 90.0 cm³/mol. The van der Waals surface area contributed by atoms with Gasteiger partial charge in [-0.15, -0.1) is 0 Å². The summed E-state index contributed by atoms with van der Waals surface area (Å²) < 4.78 is 15.2. The van der Waals surface area contributed by atoms with Gasteiger partial charge in [0.05, 0.1) is 17.1 Å². The van der Waals surface area contributed by atoms with Crippen LogP contribution in [0.25, 0.3) is 0 Å². The molecule has 2 N–H and O–H groups in total. The molecule has 21 heavy (non-hydrogen) atoms. The molecule has 3 rings (SSSR count). The van der Waals surface area contributed by atoms with Crippen LogP contribution >= 0.6 is 31.9 Å². The molecular formula is C15H12Br2FN3. The third kappa shape index (κ3) is 2.82. The van der Waals surface area contributed by atoms with Gasteiger partial charge in [0.2, 0.25) is 0 Å². The molecule has 0 radical (unpaired) electrons. The van der Waals surface area contributed by atoms with E-state index in [0.29, 0.717) is 17.0 Å². The molecule has 1 aliphatic heterocycles. The molecule has 0 bridgehead atoms. The Morgan fingerprint density at radius 2 is 2.00 bits per heavy atom. The topological polar surface area (TPSA) is 41.6 Å². The summed E-state index contributed by atoms with van der Waals surface area (Å²) in [5.74, 6) is 0.161. The van der Waals surface area contributed by atoms with Crippen molar-refractivity contribution in [2.45, 2.75) is 6.04 Å². The Morgan fingerprint density at radius 1 is 1.19 bits per heavy atom. The van der Waals surface area contributed by atoms with Crippen LogP contribution in [0.2, 0.25) is 0 Å². The minimum absolute atomic E-state index is 0.0955. The lowest BCUT2D eigenvalue weighted by Gasteiger charge is -2.27. The fourth-order valence-electron chi connectivity index (χ4n) is 2.41. The van der Waals surface area contributed by atoms with Gasteiger partial charge < -0.3 is 10.6 Å². The SMILES string of the molecule is NC1=NCC(c2ccc(Br)c(F)c2)N1c1cccc(Br)c1. The van der Waals surface area contributed by atoms with Crippen molar-refractivity contribution in [2.75, 3.05) is 11.4 Å². The lowest BCUT2D eigenvalue weighted by atomic mass is 10.1. The summed E-state index contributed by atoms with van der Waals surface area (Å²) in [4.78, 5) is 6.23. The van der Waals surface area contributed by atoms with Crippen LogP contribution in [0.5, 0.6) is 0 Å². The van der Waals surface area contributed by atoms with Crippen LogP contribution in [0.1, 0.15) is 11.6 Å². The number of anilines is 1. The summed E-state index contributed by atoms with van der Waals surface area (Å²) in [6, 6.07) is 12.8. The number of hydrogen-bond donors (Lipinski definition) is 1. The monoisotopic (exact) mass is 411 g/mol. The van der Waals surface area contributed by atoms with Crippen LogP contribution in [0.3, 0.4) is 0 Å². The van der Waals surface area contributed by atoms with E-state index in [4.69, 9.17) is 5.73 Å². The summed E-state index contributed by atoms with van der Waals surface area (Å²) in [5.41, 5.74) is 7.79. The summed E-state index contributed by atoms with van der Waals surface area (Å²) in [7, 11) is 0. The molecule has 0 saturated heterocycles. The second-order valence-electron chi connectivity index (χ2n) is 4.74. The molecule has 0 aliphatic carbocycles. The molecule has 2 aromatic carbocycles. The highest BCUT2D eigenvalue weighted by molar-refractivity contribution is 9.10. The van der Waals surface area contributed by atoms with Gasteiger partial charge in [0.1, 0.15) is 5.82 Å². The first-order valence-electron chi connectivity index (χ1n) is 6.36. The van der Waals surface area contributed by atoms with Crippen LogP contribution < -0.4 is 10.6 Å². The van der Waals surface area contributed by atoms with E-state index >= 15 is 0 Å². The van der Waals surface area contributed by atoms with Crippen molar-refractivity contribution >= 4 is 43.5 Å². The summed E-state index contributed by atoms with van der Waals surface area (Å²) in [5, 5.41) is 0. The molecule has 108 valence electrons. The van der Waals surface area contributed by atoms with E-state index in [1.54, 1.807) is 6.07 Å². The van der Waals surface area contributed by atoms with Crippen LogP contribution in [0, 0.1) is 5.82 Å². The zero-order chi connectivity index (χ0) is 15.0. The van der Waals surface area contributed by atoms with E-state index in [-0.39, 0.29) is 11.9 Å². The summed E-state index contributed by atoms with van der Waals surface area (Å²) in [6.07, 6.45) is 0. The number of guanidine groups is 1. The standard InChI is InChI=1S/C15H12Br2FN3/c16-10-2-1-3-11(7-10)21-14(8-20-15(21)19)9-4-5-12(17)13(18)6-9/h1-7,14H,8H2,(H2,19,20). The number of nitrogens with two attached hydrogens (primary N) is 1. The van der Waals surface area contributed by atoms with Gasteiger partial charge in [0.25, 0.3) is 0 Å². The van der Waals surface area contributed by atoms with Crippen LogP contribution in [0.4, 0.5) is 10.1 Å². The fourth-order valence-corrected chi connectivity index (χ4v) is 3.04. The maximum Gasteiger partial charge on any atom is 0.196 e. The lowest BCUT2D eigenvalue weighted by molar-refractivity contribution is 0.615. The molecule has 0 amide bonds.